The Balaban J connectivity index is 1.80. The molecular weight excluding hydrogens is 292 g/mol. The summed E-state index contributed by atoms with van der Waals surface area (Å²) in [6.07, 6.45) is 2.22. The molecule has 0 spiro atoms. The summed E-state index contributed by atoms with van der Waals surface area (Å²) in [6, 6.07) is 12.3. The van der Waals surface area contributed by atoms with Crippen LogP contribution in [0, 0.1) is 6.92 Å². The van der Waals surface area contributed by atoms with Crippen molar-refractivity contribution in [2.45, 2.75) is 38.4 Å². The van der Waals surface area contributed by atoms with Crippen molar-refractivity contribution >= 4 is 17.2 Å². The zero-order chi connectivity index (χ0) is 15.5. The Labute approximate surface area is 136 Å². The molecule has 1 atom stereocenters. The van der Waals surface area contributed by atoms with Crippen molar-refractivity contribution in [1.82, 2.24) is 10.2 Å². The molecule has 0 unspecified atom stereocenters. The lowest BCUT2D eigenvalue weighted by Gasteiger charge is -2.27. The summed E-state index contributed by atoms with van der Waals surface area (Å²) < 4.78 is 0. The van der Waals surface area contributed by atoms with E-state index >= 15 is 0 Å². The first kappa shape index (κ1) is 15.3. The Kier molecular flexibility index (Phi) is 4.60. The second kappa shape index (κ2) is 6.63. The van der Waals surface area contributed by atoms with Crippen LogP contribution >= 0.6 is 11.3 Å². The van der Waals surface area contributed by atoms with E-state index in [0.717, 1.165) is 24.9 Å². The summed E-state index contributed by atoms with van der Waals surface area (Å²) in [7, 11) is 2.03. The monoisotopic (exact) mass is 314 g/mol. The average molecular weight is 314 g/mol. The van der Waals surface area contributed by atoms with Crippen molar-refractivity contribution in [3.8, 4) is 0 Å². The number of benzene rings is 1. The molecule has 1 heterocycles. The first-order chi connectivity index (χ1) is 10.6. The highest BCUT2D eigenvalue weighted by molar-refractivity contribution is 7.10. The number of amides is 1. The lowest BCUT2D eigenvalue weighted by molar-refractivity contribution is -0.126. The molecule has 3 nitrogen and oxygen atoms in total. The number of aryl methyl sites for hydroxylation is 1. The van der Waals surface area contributed by atoms with Crippen LogP contribution in [0.25, 0.3) is 0 Å². The molecule has 1 fully saturated rings. The lowest BCUT2D eigenvalue weighted by atomic mass is 10.0. The van der Waals surface area contributed by atoms with Gasteiger partial charge in [0, 0.05) is 17.5 Å². The lowest BCUT2D eigenvalue weighted by Crippen LogP contribution is -2.39. The van der Waals surface area contributed by atoms with Gasteiger partial charge < -0.3 is 5.32 Å². The van der Waals surface area contributed by atoms with Crippen LogP contribution in [0.5, 0.6) is 0 Å². The predicted octanol–water partition coefficient (Wildman–Crippen LogP) is 3.51. The molecule has 1 aromatic heterocycles. The topological polar surface area (TPSA) is 32.3 Å². The highest BCUT2D eigenvalue weighted by Gasteiger charge is 2.30. The van der Waals surface area contributed by atoms with Crippen LogP contribution in [0.3, 0.4) is 0 Å². The zero-order valence-corrected chi connectivity index (χ0v) is 13.9. The molecule has 1 aromatic carbocycles. The van der Waals surface area contributed by atoms with Gasteiger partial charge in [0.2, 0.25) is 5.91 Å². The van der Waals surface area contributed by atoms with Gasteiger partial charge in [-0.1, -0.05) is 30.3 Å². The van der Waals surface area contributed by atoms with Crippen LogP contribution in [0.2, 0.25) is 0 Å². The van der Waals surface area contributed by atoms with Crippen molar-refractivity contribution < 1.29 is 4.79 Å². The standard InChI is InChI=1S/C18H22N2OS/c1-13-10-11-22-16(13)12-20(2)17(14-6-4-3-5-7-14)18(21)19-15-8-9-15/h3-7,10-11,15,17H,8-9,12H2,1-2H3,(H,19,21)/t17-/m1/s1. The molecule has 22 heavy (non-hydrogen) atoms. The normalized spacial score (nSPS) is 15.8. The first-order valence-electron chi connectivity index (χ1n) is 7.73. The molecule has 0 aliphatic heterocycles. The van der Waals surface area contributed by atoms with Gasteiger partial charge in [-0.3, -0.25) is 9.69 Å². The SMILES string of the molecule is Cc1ccsc1CN(C)[C@@H](C(=O)NC1CC1)c1ccccc1. The van der Waals surface area contributed by atoms with Crippen molar-refractivity contribution in [2.75, 3.05) is 7.05 Å². The van der Waals surface area contributed by atoms with E-state index < -0.39 is 0 Å². The van der Waals surface area contributed by atoms with Crippen LogP contribution in [0.1, 0.15) is 34.9 Å². The van der Waals surface area contributed by atoms with Crippen molar-refractivity contribution in [2.24, 2.45) is 0 Å². The van der Waals surface area contributed by atoms with E-state index in [1.807, 2.05) is 37.4 Å². The maximum atomic E-state index is 12.7. The third-order valence-corrected chi connectivity index (χ3v) is 5.10. The highest BCUT2D eigenvalue weighted by atomic mass is 32.1. The minimum absolute atomic E-state index is 0.116. The smallest absolute Gasteiger partial charge is 0.242 e. The predicted molar refractivity (Wildman–Crippen MR) is 90.9 cm³/mol. The second-order valence-corrected chi connectivity index (χ2v) is 7.04. The highest BCUT2D eigenvalue weighted by Crippen LogP contribution is 2.27. The van der Waals surface area contributed by atoms with Crippen LogP contribution in [-0.4, -0.2) is 23.9 Å². The summed E-state index contributed by atoms with van der Waals surface area (Å²) in [5, 5.41) is 5.26. The maximum absolute atomic E-state index is 12.7. The van der Waals surface area contributed by atoms with Gasteiger partial charge in [0.1, 0.15) is 6.04 Å². The van der Waals surface area contributed by atoms with Gasteiger partial charge in [-0.05, 0) is 49.4 Å². The van der Waals surface area contributed by atoms with Crippen LogP contribution in [0.4, 0.5) is 0 Å². The van der Waals surface area contributed by atoms with Gasteiger partial charge in [0.25, 0.3) is 0 Å². The van der Waals surface area contributed by atoms with Crippen LogP contribution in [0.15, 0.2) is 41.8 Å². The molecule has 1 amide bonds. The number of thiophene rings is 1. The Hall–Kier alpha value is -1.65. The molecule has 0 saturated heterocycles. The summed E-state index contributed by atoms with van der Waals surface area (Å²) in [5.41, 5.74) is 2.35. The minimum atomic E-state index is -0.233. The van der Waals surface area contributed by atoms with Gasteiger partial charge in [0.05, 0.1) is 0 Å². The number of nitrogens with zero attached hydrogens (tertiary/aromatic N) is 1. The summed E-state index contributed by atoms with van der Waals surface area (Å²) in [4.78, 5) is 16.2. The van der Waals surface area contributed by atoms with Gasteiger partial charge in [-0.2, -0.15) is 0 Å². The number of hydrogen-bond donors (Lipinski definition) is 1. The third kappa shape index (κ3) is 3.57. The van der Waals surface area contributed by atoms with E-state index in [2.05, 4.69) is 28.6 Å². The van der Waals surface area contributed by atoms with Gasteiger partial charge in [-0.25, -0.2) is 0 Å². The van der Waals surface area contributed by atoms with Gasteiger partial charge >= 0.3 is 0 Å². The van der Waals surface area contributed by atoms with E-state index in [9.17, 15) is 4.79 Å². The van der Waals surface area contributed by atoms with E-state index in [4.69, 9.17) is 0 Å². The number of rotatable bonds is 6. The zero-order valence-electron chi connectivity index (χ0n) is 13.1. The first-order valence-corrected chi connectivity index (χ1v) is 8.61. The van der Waals surface area contributed by atoms with E-state index in [1.165, 1.54) is 10.4 Å². The fourth-order valence-corrected chi connectivity index (χ4v) is 3.60. The number of likely N-dealkylation sites (N-methyl/N-ethyl adjacent to an activating group) is 1. The van der Waals surface area contributed by atoms with Crippen molar-refractivity contribution in [1.29, 1.82) is 0 Å². The van der Waals surface area contributed by atoms with Crippen LogP contribution in [-0.2, 0) is 11.3 Å². The Morgan fingerprint density at radius 2 is 2.05 bits per heavy atom. The quantitative estimate of drug-likeness (QED) is 0.885. The molecule has 1 aliphatic rings. The summed E-state index contributed by atoms with van der Waals surface area (Å²) >= 11 is 1.76. The molecule has 2 aromatic rings. The minimum Gasteiger partial charge on any atom is -0.352 e. The molecule has 3 rings (SSSR count). The Morgan fingerprint density at radius 1 is 1.32 bits per heavy atom. The van der Waals surface area contributed by atoms with Crippen molar-refractivity contribution in [3.05, 3.63) is 57.8 Å². The second-order valence-electron chi connectivity index (χ2n) is 6.04. The summed E-state index contributed by atoms with van der Waals surface area (Å²) in [6.45, 7) is 2.92. The molecule has 0 bridgehead atoms. The number of hydrogen-bond acceptors (Lipinski definition) is 3. The van der Waals surface area contributed by atoms with E-state index in [0.29, 0.717) is 6.04 Å². The number of carbonyl (C=O) groups excluding carboxylic acids is 1. The molecule has 1 N–H and O–H groups in total. The van der Waals surface area contributed by atoms with Crippen molar-refractivity contribution in [3.63, 3.8) is 0 Å². The molecule has 116 valence electrons. The largest absolute Gasteiger partial charge is 0.352 e. The van der Waals surface area contributed by atoms with Crippen LogP contribution < -0.4 is 5.32 Å². The third-order valence-electron chi connectivity index (χ3n) is 4.09. The van der Waals surface area contributed by atoms with Gasteiger partial charge in [-0.15, -0.1) is 11.3 Å². The molecule has 1 saturated carbocycles. The fourth-order valence-electron chi connectivity index (χ4n) is 2.63. The maximum Gasteiger partial charge on any atom is 0.242 e. The summed E-state index contributed by atoms with van der Waals surface area (Å²) in [5.74, 6) is 0.116. The average Bonchev–Trinajstić information content (AvgIpc) is 3.23. The fraction of sp³-hybridized carbons (Fsp3) is 0.389. The molecule has 4 heteroatoms. The molecular formula is C18H22N2OS. The molecule has 1 aliphatic carbocycles. The molecule has 0 radical (unpaired) electrons. The van der Waals surface area contributed by atoms with E-state index in [-0.39, 0.29) is 11.9 Å². The Bertz CT molecular complexity index is 634. The van der Waals surface area contributed by atoms with E-state index in [1.54, 1.807) is 11.3 Å². The number of nitrogens with one attached hydrogen (secondary N) is 1. The van der Waals surface area contributed by atoms with Gasteiger partial charge in [0.15, 0.2) is 0 Å². The number of carbonyl (C=O) groups is 1. The Morgan fingerprint density at radius 3 is 2.64 bits per heavy atom.